The molecule has 2 aromatic carbocycles. The van der Waals surface area contributed by atoms with E-state index in [0.717, 1.165) is 11.1 Å². The molecule has 7 amide bonds. The second kappa shape index (κ2) is 24.6. The number of carbonyl (C=O) groups is 7. The molecule has 334 valence electrons. The predicted molar refractivity (Wildman–Crippen MR) is 227 cm³/mol. The van der Waals surface area contributed by atoms with Gasteiger partial charge in [-0.05, 0) is 81.0 Å². The molecule has 0 spiro atoms. The third-order valence-electron chi connectivity index (χ3n) is 10.3. The minimum atomic E-state index is -1.21. The van der Waals surface area contributed by atoms with Gasteiger partial charge in [0.2, 0.25) is 29.5 Å². The van der Waals surface area contributed by atoms with Crippen LogP contribution in [0.5, 0.6) is 5.75 Å². The zero-order chi connectivity index (χ0) is 45.1. The van der Waals surface area contributed by atoms with Gasteiger partial charge < -0.3 is 58.1 Å². The van der Waals surface area contributed by atoms with Crippen molar-refractivity contribution in [1.82, 2.24) is 36.8 Å². The molecule has 1 fully saturated rings. The Morgan fingerprint density at radius 2 is 1.57 bits per heavy atom. The Hall–Kier alpha value is -6.40. The van der Waals surface area contributed by atoms with Gasteiger partial charge in [0.15, 0.2) is 5.96 Å². The highest BCUT2D eigenvalue weighted by Gasteiger charge is 2.35. The van der Waals surface area contributed by atoms with Crippen LogP contribution in [0.3, 0.4) is 0 Å². The maximum Gasteiger partial charge on any atom is 0.328 e. The predicted octanol–water partition coefficient (Wildman–Crippen LogP) is 0.0879. The van der Waals surface area contributed by atoms with Crippen molar-refractivity contribution in [3.63, 3.8) is 0 Å². The van der Waals surface area contributed by atoms with E-state index in [1.165, 1.54) is 38.1 Å². The Kier molecular flexibility index (Phi) is 19.8. The maximum atomic E-state index is 14.2. The average molecular weight is 851 g/mol. The van der Waals surface area contributed by atoms with Crippen molar-refractivity contribution in [3.05, 3.63) is 65.7 Å². The summed E-state index contributed by atoms with van der Waals surface area (Å²) in [4.78, 5) is 101. The SMILES string of the molecule is COC(=O)C(CCCN=C(N)N)NC(=O)N[C@@H]1CCCCNC(=O)[C@H](Cc2ccccc2)NC(=O)[C@H](C)N(C)C(=O)[C@H](CCc2ccc(O)cc2)NC(=O)[C@H](C(C)C)NC1=O. The van der Waals surface area contributed by atoms with Gasteiger partial charge in [-0.25, -0.2) is 9.59 Å². The number of aromatic hydroxyl groups is 1. The van der Waals surface area contributed by atoms with Crippen LogP contribution in [0.1, 0.15) is 70.4 Å². The number of rotatable bonds is 13. The second-order valence-electron chi connectivity index (χ2n) is 15.4. The summed E-state index contributed by atoms with van der Waals surface area (Å²) >= 11 is 0. The highest BCUT2D eigenvalue weighted by atomic mass is 16.5. The molecule has 0 aromatic heterocycles. The van der Waals surface area contributed by atoms with Crippen LogP contribution in [0.2, 0.25) is 0 Å². The Morgan fingerprint density at radius 3 is 2.21 bits per heavy atom. The molecule has 19 nitrogen and oxygen atoms in total. The number of aryl methyl sites for hydroxylation is 1. The monoisotopic (exact) mass is 850 g/mol. The molecule has 6 atom stereocenters. The fourth-order valence-electron chi connectivity index (χ4n) is 6.58. The van der Waals surface area contributed by atoms with Gasteiger partial charge in [-0.2, -0.15) is 0 Å². The standard InChI is InChI=1S/C42H62N10O9/c1-25(2)34-38(57)47-31(21-18-27-16-19-29(53)20-17-27)39(58)52(4)26(3)35(54)48-33(24-28-12-7-6-8-13-28)36(55)45-22-10-9-14-30(37(56)51-34)49-42(60)50-32(40(59)61-5)15-11-23-46-41(43)44/h6-8,12-13,16-17,19-20,25-26,30-34,53H,9-11,14-15,18,21-24H2,1-5H3,(H,45,55)(H,47,57)(H,48,54)(H,51,56)(H4,43,44,46)(H2,49,50,60)/t26-,30+,31-,32?,33-,34-/m0/s1. The summed E-state index contributed by atoms with van der Waals surface area (Å²) in [6, 6.07) is 7.90. The highest BCUT2D eigenvalue weighted by molar-refractivity contribution is 5.96. The van der Waals surface area contributed by atoms with Gasteiger partial charge in [-0.3, -0.25) is 29.0 Å². The van der Waals surface area contributed by atoms with Crippen molar-refractivity contribution < 1.29 is 43.4 Å². The molecule has 0 bridgehead atoms. The number of nitrogens with one attached hydrogen (secondary N) is 6. The molecule has 1 saturated heterocycles. The molecule has 0 aliphatic carbocycles. The van der Waals surface area contributed by atoms with Crippen LogP contribution in [-0.4, -0.2) is 121 Å². The molecule has 1 heterocycles. The van der Waals surface area contributed by atoms with Crippen LogP contribution in [-0.2, 0) is 46.3 Å². The second-order valence-corrected chi connectivity index (χ2v) is 15.4. The summed E-state index contributed by atoms with van der Waals surface area (Å²) in [5.41, 5.74) is 12.3. The number of ether oxygens (including phenoxy) is 1. The quantitative estimate of drug-likeness (QED) is 0.0564. The Bertz CT molecular complexity index is 1820. The lowest BCUT2D eigenvalue weighted by molar-refractivity contribution is -0.143. The molecular formula is C42H62N10O9. The van der Waals surface area contributed by atoms with Crippen LogP contribution >= 0.6 is 0 Å². The Morgan fingerprint density at radius 1 is 0.902 bits per heavy atom. The van der Waals surface area contributed by atoms with E-state index in [9.17, 15) is 38.7 Å². The number of phenols is 1. The summed E-state index contributed by atoms with van der Waals surface area (Å²) in [7, 11) is 2.60. The van der Waals surface area contributed by atoms with Crippen molar-refractivity contribution in [1.29, 1.82) is 0 Å². The van der Waals surface area contributed by atoms with E-state index < -0.39 is 83.7 Å². The highest BCUT2D eigenvalue weighted by Crippen LogP contribution is 2.15. The van der Waals surface area contributed by atoms with E-state index in [0.29, 0.717) is 25.7 Å². The topological polar surface area (TPSA) is 289 Å². The van der Waals surface area contributed by atoms with Crippen molar-refractivity contribution >= 4 is 47.5 Å². The molecule has 0 saturated carbocycles. The van der Waals surface area contributed by atoms with Gasteiger partial charge in [0.05, 0.1) is 7.11 Å². The van der Waals surface area contributed by atoms with Gasteiger partial charge >= 0.3 is 12.0 Å². The van der Waals surface area contributed by atoms with Crippen molar-refractivity contribution in [3.8, 4) is 5.75 Å². The van der Waals surface area contributed by atoms with Gasteiger partial charge in [0, 0.05) is 26.6 Å². The first kappa shape index (κ1) is 49.0. The summed E-state index contributed by atoms with van der Waals surface area (Å²) in [5.74, 6) is -4.32. The van der Waals surface area contributed by atoms with Crippen molar-refractivity contribution in [2.75, 3.05) is 27.2 Å². The molecule has 19 heteroatoms. The maximum absolute atomic E-state index is 14.2. The van der Waals surface area contributed by atoms with Crippen LogP contribution in [0.25, 0.3) is 0 Å². The van der Waals surface area contributed by atoms with E-state index >= 15 is 0 Å². The molecule has 11 N–H and O–H groups in total. The molecular weight excluding hydrogens is 789 g/mol. The normalized spacial score (nSPS) is 21.6. The molecule has 61 heavy (non-hydrogen) atoms. The number of carbonyl (C=O) groups excluding carboxylic acids is 7. The number of methoxy groups -OCH3 is 1. The zero-order valence-electron chi connectivity index (χ0n) is 35.6. The minimum Gasteiger partial charge on any atom is -0.508 e. The van der Waals surface area contributed by atoms with Crippen LogP contribution in [0, 0.1) is 5.92 Å². The number of likely N-dealkylation sites (N-methyl/N-ethyl adjacent to an activating group) is 1. The van der Waals surface area contributed by atoms with Crippen LogP contribution < -0.4 is 43.4 Å². The fraction of sp³-hybridized carbons (Fsp3) is 0.524. The van der Waals surface area contributed by atoms with Gasteiger partial charge in [-0.15, -0.1) is 0 Å². The molecule has 0 radical (unpaired) electrons. The summed E-state index contributed by atoms with van der Waals surface area (Å²) in [6.45, 7) is 5.29. The summed E-state index contributed by atoms with van der Waals surface area (Å²) < 4.78 is 4.86. The summed E-state index contributed by atoms with van der Waals surface area (Å²) in [6.07, 6.45) is 1.74. The number of nitrogens with zero attached hydrogens (tertiary/aromatic N) is 2. The largest absolute Gasteiger partial charge is 0.508 e. The Balaban J connectivity index is 1.96. The number of nitrogens with two attached hydrogens (primary N) is 2. The van der Waals surface area contributed by atoms with Gasteiger partial charge in [-0.1, -0.05) is 56.3 Å². The first-order chi connectivity index (χ1) is 29.0. The van der Waals surface area contributed by atoms with E-state index in [1.807, 2.05) is 30.3 Å². The molecule has 2 aromatic rings. The lowest BCUT2D eigenvalue weighted by atomic mass is 9.99. The summed E-state index contributed by atoms with van der Waals surface area (Å²) in [5, 5.41) is 26.2. The van der Waals surface area contributed by atoms with Crippen molar-refractivity contribution in [2.45, 2.75) is 108 Å². The average Bonchev–Trinajstić information content (AvgIpc) is 3.23. The van der Waals surface area contributed by atoms with E-state index in [2.05, 4.69) is 36.9 Å². The number of aliphatic imine (C=N–C) groups is 1. The number of hydrogen-bond donors (Lipinski definition) is 9. The number of benzene rings is 2. The van der Waals surface area contributed by atoms with Crippen LogP contribution in [0.15, 0.2) is 59.6 Å². The first-order valence-corrected chi connectivity index (χ1v) is 20.5. The van der Waals surface area contributed by atoms with Gasteiger partial charge in [0.25, 0.3) is 0 Å². The lowest BCUT2D eigenvalue weighted by Gasteiger charge is -2.31. The van der Waals surface area contributed by atoms with E-state index in [4.69, 9.17) is 16.2 Å². The molecule has 1 unspecified atom stereocenters. The zero-order valence-corrected chi connectivity index (χ0v) is 35.6. The number of urea groups is 1. The van der Waals surface area contributed by atoms with Crippen LogP contribution in [0.4, 0.5) is 4.79 Å². The lowest BCUT2D eigenvalue weighted by Crippen LogP contribution is -2.60. The molecule has 3 rings (SSSR count). The van der Waals surface area contributed by atoms with E-state index in [-0.39, 0.29) is 50.5 Å². The number of amides is 7. The number of hydrogen-bond acceptors (Lipinski definition) is 10. The third kappa shape index (κ3) is 16.3. The molecule has 1 aliphatic heterocycles. The smallest absolute Gasteiger partial charge is 0.328 e. The number of esters is 1. The number of phenolic OH excluding ortho intramolecular Hbond substituents is 1. The minimum absolute atomic E-state index is 0.0578. The number of guanidine groups is 1. The van der Waals surface area contributed by atoms with E-state index in [1.54, 1.807) is 26.0 Å². The third-order valence-corrected chi connectivity index (χ3v) is 10.3. The Labute approximate surface area is 356 Å². The fourth-order valence-corrected chi connectivity index (χ4v) is 6.58. The first-order valence-electron chi connectivity index (χ1n) is 20.5. The van der Waals surface area contributed by atoms with Gasteiger partial charge in [0.1, 0.15) is 42.0 Å². The van der Waals surface area contributed by atoms with Crippen molar-refractivity contribution in [2.24, 2.45) is 22.4 Å². The molecule has 1 aliphatic rings.